The van der Waals surface area contributed by atoms with Crippen LogP contribution in [0, 0.1) is 6.92 Å². The smallest absolute Gasteiger partial charge is 0.130 e. The lowest BCUT2D eigenvalue weighted by molar-refractivity contribution is 0.793. The van der Waals surface area contributed by atoms with E-state index in [1.54, 1.807) is 6.33 Å². The van der Waals surface area contributed by atoms with Gasteiger partial charge in [-0.1, -0.05) is 0 Å². The summed E-state index contributed by atoms with van der Waals surface area (Å²) in [5.74, 6) is 0.854. The maximum atomic E-state index is 4.18. The summed E-state index contributed by atoms with van der Waals surface area (Å²) in [7, 11) is 0. The zero-order valence-corrected chi connectivity index (χ0v) is 12.2. The first-order valence-electron chi connectivity index (χ1n) is 5.43. The summed E-state index contributed by atoms with van der Waals surface area (Å²) in [4.78, 5) is 10.9. The van der Waals surface area contributed by atoms with Gasteiger partial charge in [0.15, 0.2) is 0 Å². The molecule has 1 unspecified atom stereocenters. The summed E-state index contributed by atoms with van der Waals surface area (Å²) in [6.45, 7) is 4.29. The van der Waals surface area contributed by atoms with E-state index in [2.05, 4.69) is 57.2 Å². The highest BCUT2D eigenvalue weighted by molar-refractivity contribution is 9.10. The van der Waals surface area contributed by atoms with Crippen molar-refractivity contribution in [1.29, 1.82) is 0 Å². The number of aryl methyl sites for hydroxylation is 1. The van der Waals surface area contributed by atoms with Crippen LogP contribution in [0.25, 0.3) is 0 Å². The van der Waals surface area contributed by atoms with Gasteiger partial charge in [0.05, 0.1) is 0 Å². The molecule has 0 spiro atoms. The Morgan fingerprint density at radius 3 is 2.88 bits per heavy atom. The highest BCUT2D eigenvalue weighted by Gasteiger charge is 2.06. The van der Waals surface area contributed by atoms with Crippen molar-refractivity contribution in [2.45, 2.75) is 26.3 Å². The number of halogens is 1. The summed E-state index contributed by atoms with van der Waals surface area (Å²) < 4.78 is 0.800. The molecule has 0 aromatic carbocycles. The van der Waals surface area contributed by atoms with Crippen LogP contribution in [0.5, 0.6) is 0 Å². The van der Waals surface area contributed by atoms with E-state index in [1.165, 1.54) is 9.75 Å². The number of hydrogen-bond donors (Lipinski definition) is 1. The van der Waals surface area contributed by atoms with E-state index in [1.807, 2.05) is 17.4 Å². The number of aromatic nitrogens is 2. The molecular weight excluding hydrogens is 298 g/mol. The second-order valence-corrected chi connectivity index (χ2v) is 6.17. The lowest BCUT2D eigenvalue weighted by Crippen LogP contribution is -2.18. The molecule has 2 rings (SSSR count). The molecule has 0 aliphatic rings. The summed E-state index contributed by atoms with van der Waals surface area (Å²) in [5, 5.41) is 3.37. The van der Waals surface area contributed by atoms with Gasteiger partial charge >= 0.3 is 0 Å². The first kappa shape index (κ1) is 12.5. The minimum absolute atomic E-state index is 0.356. The van der Waals surface area contributed by atoms with Crippen LogP contribution in [0.3, 0.4) is 0 Å². The Labute approximate surface area is 113 Å². The summed E-state index contributed by atoms with van der Waals surface area (Å²) in [5.41, 5.74) is 0. The molecule has 0 saturated heterocycles. The normalized spacial score (nSPS) is 12.4. The fourth-order valence-corrected chi connectivity index (χ4v) is 2.94. The third-order valence-electron chi connectivity index (χ3n) is 2.33. The molecule has 0 aliphatic carbocycles. The number of thiophene rings is 1. The van der Waals surface area contributed by atoms with E-state index in [0.717, 1.165) is 16.8 Å². The van der Waals surface area contributed by atoms with Gasteiger partial charge in [0.2, 0.25) is 0 Å². The minimum Gasteiger partial charge on any atom is -0.367 e. The van der Waals surface area contributed by atoms with Crippen molar-refractivity contribution in [2.24, 2.45) is 0 Å². The van der Waals surface area contributed by atoms with Crippen molar-refractivity contribution >= 4 is 33.1 Å². The SMILES string of the molecule is Cc1ccc(CC(C)Nc2cc(Br)ncn2)s1. The molecule has 0 amide bonds. The van der Waals surface area contributed by atoms with E-state index in [0.29, 0.717) is 6.04 Å². The molecule has 2 aromatic rings. The van der Waals surface area contributed by atoms with Crippen molar-refractivity contribution < 1.29 is 0 Å². The Morgan fingerprint density at radius 2 is 2.24 bits per heavy atom. The van der Waals surface area contributed by atoms with Crippen LogP contribution in [0.15, 0.2) is 29.1 Å². The summed E-state index contributed by atoms with van der Waals surface area (Å²) in [6.07, 6.45) is 2.56. The molecule has 17 heavy (non-hydrogen) atoms. The molecule has 5 heteroatoms. The van der Waals surface area contributed by atoms with Crippen molar-refractivity contribution in [3.05, 3.63) is 38.9 Å². The molecular formula is C12H14BrN3S. The number of nitrogens with one attached hydrogen (secondary N) is 1. The van der Waals surface area contributed by atoms with Crippen LogP contribution in [-0.2, 0) is 6.42 Å². The molecule has 1 N–H and O–H groups in total. The van der Waals surface area contributed by atoms with E-state index >= 15 is 0 Å². The first-order chi connectivity index (χ1) is 8.13. The van der Waals surface area contributed by atoms with Gasteiger partial charge in [0, 0.05) is 28.3 Å². The average Bonchev–Trinajstić information content (AvgIpc) is 2.63. The van der Waals surface area contributed by atoms with Gasteiger partial charge in [-0.2, -0.15) is 0 Å². The van der Waals surface area contributed by atoms with Crippen LogP contribution >= 0.6 is 27.3 Å². The van der Waals surface area contributed by atoms with Crippen molar-refractivity contribution in [2.75, 3.05) is 5.32 Å². The van der Waals surface area contributed by atoms with E-state index in [4.69, 9.17) is 0 Å². The fourth-order valence-electron chi connectivity index (χ4n) is 1.61. The van der Waals surface area contributed by atoms with Gasteiger partial charge in [-0.05, 0) is 41.9 Å². The Kier molecular flexibility index (Phi) is 4.12. The van der Waals surface area contributed by atoms with Crippen LogP contribution in [0.1, 0.15) is 16.7 Å². The standard InChI is InChI=1S/C12H14BrN3S/c1-8(5-10-4-3-9(2)17-10)16-12-6-11(13)14-7-15-12/h3-4,6-8H,5H2,1-2H3,(H,14,15,16). The molecule has 3 nitrogen and oxygen atoms in total. The van der Waals surface area contributed by atoms with Crippen molar-refractivity contribution in [3.63, 3.8) is 0 Å². The molecule has 0 saturated carbocycles. The fraction of sp³-hybridized carbons (Fsp3) is 0.333. The minimum atomic E-state index is 0.356. The Balaban J connectivity index is 1.95. The van der Waals surface area contributed by atoms with E-state index < -0.39 is 0 Å². The maximum absolute atomic E-state index is 4.18. The average molecular weight is 312 g/mol. The summed E-state index contributed by atoms with van der Waals surface area (Å²) >= 11 is 5.18. The van der Waals surface area contributed by atoms with Gasteiger partial charge < -0.3 is 5.32 Å². The molecule has 0 bridgehead atoms. The second-order valence-electron chi connectivity index (χ2n) is 3.99. The third-order valence-corrected chi connectivity index (χ3v) is 3.79. The van der Waals surface area contributed by atoms with E-state index in [9.17, 15) is 0 Å². The molecule has 0 aliphatic heterocycles. The lowest BCUT2D eigenvalue weighted by Gasteiger charge is -2.13. The molecule has 0 radical (unpaired) electrons. The molecule has 2 heterocycles. The summed E-state index contributed by atoms with van der Waals surface area (Å²) in [6, 6.07) is 6.59. The third kappa shape index (κ3) is 3.78. The Hall–Kier alpha value is -0.940. The maximum Gasteiger partial charge on any atom is 0.130 e. The van der Waals surface area contributed by atoms with Gasteiger partial charge in [-0.3, -0.25) is 0 Å². The highest BCUT2D eigenvalue weighted by Crippen LogP contribution is 2.18. The van der Waals surface area contributed by atoms with Crippen LogP contribution in [-0.4, -0.2) is 16.0 Å². The topological polar surface area (TPSA) is 37.8 Å². The number of rotatable bonds is 4. The Bertz CT molecular complexity index is 498. The highest BCUT2D eigenvalue weighted by atomic mass is 79.9. The van der Waals surface area contributed by atoms with Crippen LogP contribution in [0.4, 0.5) is 5.82 Å². The quantitative estimate of drug-likeness (QED) is 0.876. The molecule has 1 atom stereocenters. The Morgan fingerprint density at radius 1 is 1.41 bits per heavy atom. The number of anilines is 1. The number of hydrogen-bond acceptors (Lipinski definition) is 4. The van der Waals surface area contributed by atoms with Crippen molar-refractivity contribution in [1.82, 2.24) is 9.97 Å². The van der Waals surface area contributed by atoms with E-state index in [-0.39, 0.29) is 0 Å². The molecule has 0 fully saturated rings. The largest absolute Gasteiger partial charge is 0.367 e. The zero-order valence-electron chi connectivity index (χ0n) is 9.77. The second kappa shape index (κ2) is 5.60. The predicted octanol–water partition coefficient (Wildman–Crippen LogP) is 3.65. The van der Waals surface area contributed by atoms with Gasteiger partial charge in [0.1, 0.15) is 16.7 Å². The number of nitrogens with zero attached hydrogens (tertiary/aromatic N) is 2. The van der Waals surface area contributed by atoms with Crippen molar-refractivity contribution in [3.8, 4) is 0 Å². The monoisotopic (exact) mass is 311 g/mol. The van der Waals surface area contributed by atoms with Gasteiger partial charge in [0.25, 0.3) is 0 Å². The van der Waals surface area contributed by atoms with Gasteiger partial charge in [-0.25, -0.2) is 9.97 Å². The van der Waals surface area contributed by atoms with Gasteiger partial charge in [-0.15, -0.1) is 11.3 Å². The molecule has 90 valence electrons. The molecule has 2 aromatic heterocycles. The lowest BCUT2D eigenvalue weighted by atomic mass is 10.2. The first-order valence-corrected chi connectivity index (χ1v) is 7.04. The van der Waals surface area contributed by atoms with Crippen LogP contribution in [0.2, 0.25) is 0 Å². The predicted molar refractivity (Wildman–Crippen MR) is 75.6 cm³/mol. The zero-order chi connectivity index (χ0) is 12.3. The van der Waals surface area contributed by atoms with Crippen LogP contribution < -0.4 is 5.32 Å².